The molecule has 9 heteroatoms. The maximum Gasteiger partial charge on any atom is 0.419 e. The smallest absolute Gasteiger partial charge is 0.355 e. The van der Waals surface area contributed by atoms with E-state index in [0.717, 1.165) is 18.6 Å². The highest BCUT2D eigenvalue weighted by molar-refractivity contribution is 5.81. The molecule has 1 fully saturated rings. The Kier molecular flexibility index (Phi) is 5.58. The molecule has 1 aliphatic rings. The van der Waals surface area contributed by atoms with Crippen LogP contribution < -0.4 is 4.90 Å². The topological polar surface area (TPSA) is 69.9 Å². The van der Waals surface area contributed by atoms with Gasteiger partial charge in [0.15, 0.2) is 11.5 Å². The fourth-order valence-corrected chi connectivity index (χ4v) is 3.28. The molecule has 5 nitrogen and oxygen atoms in total. The Labute approximate surface area is 158 Å². The molecule has 2 heterocycles. The minimum absolute atomic E-state index is 0.0734. The monoisotopic (exact) mass is 392 g/mol. The Hall–Kier alpha value is -3.02. The summed E-state index contributed by atoms with van der Waals surface area (Å²) in [5, 5.41) is 16.5. The Morgan fingerprint density at radius 2 is 2.04 bits per heavy atom. The number of benzene rings is 1. The van der Waals surface area contributed by atoms with E-state index in [9.17, 15) is 22.4 Å². The Morgan fingerprint density at radius 1 is 1.25 bits per heavy atom. The first-order chi connectivity index (χ1) is 13.3. The van der Waals surface area contributed by atoms with Gasteiger partial charge in [0, 0.05) is 25.9 Å². The number of alkyl halides is 3. The predicted molar refractivity (Wildman–Crippen MR) is 91.8 cm³/mol. The summed E-state index contributed by atoms with van der Waals surface area (Å²) in [4.78, 5) is 14.2. The second kappa shape index (κ2) is 7.92. The number of rotatable bonds is 5. The van der Waals surface area contributed by atoms with Crippen molar-refractivity contribution in [1.82, 2.24) is 10.2 Å². The van der Waals surface area contributed by atoms with Crippen molar-refractivity contribution in [3.05, 3.63) is 53.0 Å². The van der Waals surface area contributed by atoms with Gasteiger partial charge >= 0.3 is 6.18 Å². The van der Waals surface area contributed by atoms with Gasteiger partial charge in [-0.2, -0.15) is 18.4 Å². The van der Waals surface area contributed by atoms with Crippen LogP contribution in [0.3, 0.4) is 0 Å². The zero-order valence-corrected chi connectivity index (χ0v) is 14.7. The second-order valence-corrected chi connectivity index (χ2v) is 6.72. The minimum atomic E-state index is -4.76. The largest absolute Gasteiger partial charge is 0.419 e. The van der Waals surface area contributed by atoms with E-state index in [0.29, 0.717) is 25.0 Å². The normalized spacial score (nSPS) is 16.8. The van der Waals surface area contributed by atoms with Gasteiger partial charge in [-0.25, -0.2) is 4.39 Å². The fraction of sp³-hybridized carbons (Fsp3) is 0.368. The third-order valence-electron chi connectivity index (χ3n) is 4.63. The molecular formula is C19H16F4N4O. The molecule has 1 aliphatic heterocycles. The third kappa shape index (κ3) is 4.63. The number of carbonyl (C=O) groups is 1. The molecule has 1 unspecified atom stereocenters. The molecule has 0 radical (unpaired) electrons. The average molecular weight is 392 g/mol. The van der Waals surface area contributed by atoms with Crippen LogP contribution in [0.15, 0.2) is 30.3 Å². The number of aromatic nitrogens is 2. The fourth-order valence-electron chi connectivity index (χ4n) is 3.28. The summed E-state index contributed by atoms with van der Waals surface area (Å²) in [6.45, 7) is 1.28. The van der Waals surface area contributed by atoms with E-state index in [2.05, 4.69) is 10.2 Å². The summed E-state index contributed by atoms with van der Waals surface area (Å²) in [6, 6.07) is 7.73. The number of nitriles is 1. The number of hydrogen-bond donors (Lipinski definition) is 0. The Morgan fingerprint density at radius 3 is 2.64 bits per heavy atom. The van der Waals surface area contributed by atoms with Crippen molar-refractivity contribution in [2.24, 2.45) is 5.92 Å². The average Bonchev–Trinajstić information content (AvgIpc) is 3.09. The zero-order valence-electron chi connectivity index (χ0n) is 14.7. The van der Waals surface area contributed by atoms with Gasteiger partial charge in [-0.15, -0.1) is 10.2 Å². The van der Waals surface area contributed by atoms with Crippen LogP contribution in [0.5, 0.6) is 0 Å². The van der Waals surface area contributed by atoms with Crippen molar-refractivity contribution in [2.45, 2.75) is 25.4 Å². The number of ketones is 1. The second-order valence-electron chi connectivity index (χ2n) is 6.72. The molecule has 1 atom stereocenters. The van der Waals surface area contributed by atoms with Crippen LogP contribution in [0.4, 0.5) is 23.4 Å². The lowest BCUT2D eigenvalue weighted by Crippen LogP contribution is -2.22. The number of carbonyl (C=O) groups excluding carboxylic acids is 1. The zero-order chi connectivity index (χ0) is 20.3. The summed E-state index contributed by atoms with van der Waals surface area (Å²) in [5.74, 6) is -0.829. The maximum absolute atomic E-state index is 13.6. The van der Waals surface area contributed by atoms with Crippen LogP contribution in [0, 0.1) is 23.1 Å². The van der Waals surface area contributed by atoms with Crippen LogP contribution >= 0.6 is 0 Å². The standard InChI is InChI=1S/C19H16F4N4O/c20-17-9-12(1-3-16(17)19(21,22)23)7-15(28)8-13-5-6-27(11-13)18-4-2-14(10-24)25-26-18/h1-4,9,13H,5-8,11H2. The van der Waals surface area contributed by atoms with Crippen molar-refractivity contribution >= 4 is 11.6 Å². The van der Waals surface area contributed by atoms with Gasteiger partial charge in [-0.05, 0) is 42.2 Å². The van der Waals surface area contributed by atoms with Crippen molar-refractivity contribution in [3.8, 4) is 6.07 Å². The number of anilines is 1. The van der Waals surface area contributed by atoms with E-state index >= 15 is 0 Å². The quantitative estimate of drug-likeness (QED) is 0.728. The predicted octanol–water partition coefficient (Wildman–Crippen LogP) is 3.53. The van der Waals surface area contributed by atoms with E-state index in [1.165, 1.54) is 0 Å². The highest BCUT2D eigenvalue weighted by Crippen LogP contribution is 2.32. The van der Waals surface area contributed by atoms with E-state index < -0.39 is 17.6 Å². The van der Waals surface area contributed by atoms with Crippen molar-refractivity contribution in [1.29, 1.82) is 5.26 Å². The number of nitrogens with zero attached hydrogens (tertiary/aromatic N) is 4. The van der Waals surface area contributed by atoms with Crippen LogP contribution in [0.25, 0.3) is 0 Å². The van der Waals surface area contributed by atoms with E-state index in [-0.39, 0.29) is 35.8 Å². The maximum atomic E-state index is 13.6. The van der Waals surface area contributed by atoms with Crippen LogP contribution in [0.1, 0.15) is 29.7 Å². The number of halogens is 4. The van der Waals surface area contributed by atoms with Crippen LogP contribution in [-0.4, -0.2) is 29.1 Å². The van der Waals surface area contributed by atoms with Gasteiger partial charge in [0.25, 0.3) is 0 Å². The lowest BCUT2D eigenvalue weighted by Gasteiger charge is -2.16. The summed E-state index contributed by atoms with van der Waals surface area (Å²) in [7, 11) is 0. The highest BCUT2D eigenvalue weighted by Gasteiger charge is 2.34. The van der Waals surface area contributed by atoms with Gasteiger partial charge in [0.1, 0.15) is 17.7 Å². The molecule has 0 aliphatic carbocycles. The molecule has 0 amide bonds. The summed E-state index contributed by atoms with van der Waals surface area (Å²) >= 11 is 0. The molecule has 28 heavy (non-hydrogen) atoms. The molecule has 1 aromatic heterocycles. The summed E-state index contributed by atoms with van der Waals surface area (Å²) < 4.78 is 51.4. The van der Waals surface area contributed by atoms with Crippen LogP contribution in [-0.2, 0) is 17.4 Å². The molecule has 146 valence electrons. The lowest BCUT2D eigenvalue weighted by molar-refractivity contribution is -0.140. The first-order valence-corrected chi connectivity index (χ1v) is 8.62. The molecule has 1 aromatic carbocycles. The summed E-state index contributed by atoms with van der Waals surface area (Å²) in [6.07, 6.45) is -3.85. The van der Waals surface area contributed by atoms with Gasteiger partial charge < -0.3 is 4.90 Å². The molecule has 0 N–H and O–H groups in total. The summed E-state index contributed by atoms with van der Waals surface area (Å²) in [5.41, 5.74) is -0.888. The molecule has 0 bridgehead atoms. The van der Waals surface area contributed by atoms with Gasteiger partial charge in [-0.3, -0.25) is 4.79 Å². The molecule has 3 rings (SSSR count). The molecule has 0 saturated carbocycles. The van der Waals surface area contributed by atoms with Gasteiger partial charge in [-0.1, -0.05) is 6.07 Å². The lowest BCUT2D eigenvalue weighted by atomic mass is 9.97. The Bertz CT molecular complexity index is 906. The van der Waals surface area contributed by atoms with Crippen LogP contribution in [0.2, 0.25) is 0 Å². The molecular weight excluding hydrogens is 376 g/mol. The van der Waals surface area contributed by atoms with E-state index in [4.69, 9.17) is 5.26 Å². The SMILES string of the molecule is N#Cc1ccc(N2CCC(CC(=O)Cc3ccc(C(F)(F)F)c(F)c3)C2)nn1. The van der Waals surface area contributed by atoms with Gasteiger partial charge in [0.2, 0.25) is 0 Å². The minimum Gasteiger partial charge on any atom is -0.355 e. The van der Waals surface area contributed by atoms with Crippen molar-refractivity contribution in [3.63, 3.8) is 0 Å². The number of Topliss-reactive ketones (excluding diaryl/α,β-unsaturated/α-hetero) is 1. The van der Waals surface area contributed by atoms with E-state index in [1.54, 1.807) is 12.1 Å². The number of hydrogen-bond acceptors (Lipinski definition) is 5. The first kappa shape index (κ1) is 19.7. The van der Waals surface area contributed by atoms with Crippen molar-refractivity contribution < 1.29 is 22.4 Å². The Balaban J connectivity index is 1.55. The third-order valence-corrected chi connectivity index (χ3v) is 4.63. The van der Waals surface area contributed by atoms with Gasteiger partial charge in [0.05, 0.1) is 5.56 Å². The highest BCUT2D eigenvalue weighted by atomic mass is 19.4. The molecule has 0 spiro atoms. The first-order valence-electron chi connectivity index (χ1n) is 8.62. The van der Waals surface area contributed by atoms with E-state index in [1.807, 2.05) is 11.0 Å². The molecule has 1 saturated heterocycles. The molecule has 2 aromatic rings. The van der Waals surface area contributed by atoms with Crippen molar-refractivity contribution in [2.75, 3.05) is 18.0 Å².